The van der Waals surface area contributed by atoms with Crippen LogP contribution in [0.25, 0.3) is 10.9 Å². The van der Waals surface area contributed by atoms with Crippen LogP contribution in [0.15, 0.2) is 48.8 Å². The number of hydrogen-bond donors (Lipinski definition) is 2. The average Bonchev–Trinajstić information content (AvgIpc) is 3.34. The molecule has 1 amide bonds. The quantitative estimate of drug-likeness (QED) is 0.696. The fourth-order valence-electron chi connectivity index (χ4n) is 3.99. The second-order valence-electron chi connectivity index (χ2n) is 7.40. The molecule has 2 N–H and O–H groups in total. The number of pyridine rings is 1. The van der Waals surface area contributed by atoms with Gasteiger partial charge in [0.1, 0.15) is 0 Å². The van der Waals surface area contributed by atoms with Crippen LogP contribution in [0.3, 0.4) is 0 Å². The number of anilines is 1. The van der Waals surface area contributed by atoms with E-state index in [0.29, 0.717) is 13.1 Å². The Hall–Kier alpha value is -3.10. The summed E-state index contributed by atoms with van der Waals surface area (Å²) in [7, 11) is 0. The van der Waals surface area contributed by atoms with Gasteiger partial charge in [0.05, 0.1) is 11.1 Å². The first-order valence-corrected chi connectivity index (χ1v) is 9.96. The summed E-state index contributed by atoms with van der Waals surface area (Å²) in [5.74, 6) is 1.05. The lowest BCUT2D eigenvalue weighted by atomic mass is 10.00. The van der Waals surface area contributed by atoms with E-state index >= 15 is 0 Å². The topological polar surface area (TPSA) is 86.3 Å². The number of fused-ring (bicyclic) bond motifs is 1. The molecule has 0 aliphatic carbocycles. The predicted molar refractivity (Wildman–Crippen MR) is 111 cm³/mol. The molecule has 0 saturated carbocycles. The number of para-hydroxylation sites is 1. The molecule has 8 heteroatoms. The molecule has 0 bridgehead atoms. The zero-order chi connectivity index (χ0) is 19.6. The van der Waals surface area contributed by atoms with E-state index in [9.17, 15) is 4.79 Å². The van der Waals surface area contributed by atoms with Gasteiger partial charge in [-0.25, -0.2) is 9.97 Å². The Morgan fingerprint density at radius 2 is 1.69 bits per heavy atom. The van der Waals surface area contributed by atoms with Gasteiger partial charge in [-0.15, -0.1) is 0 Å². The second kappa shape index (κ2) is 7.73. The molecule has 8 nitrogen and oxygen atoms in total. The highest BCUT2D eigenvalue weighted by Gasteiger charge is 2.26. The van der Waals surface area contributed by atoms with Crippen LogP contribution in [-0.2, 0) is 0 Å². The Bertz CT molecular complexity index is 1010. The van der Waals surface area contributed by atoms with Crippen LogP contribution in [0.1, 0.15) is 22.0 Å². The lowest BCUT2D eigenvalue weighted by molar-refractivity contribution is 0.0748. The van der Waals surface area contributed by atoms with Crippen molar-refractivity contribution >= 4 is 22.8 Å². The van der Waals surface area contributed by atoms with E-state index in [0.717, 1.165) is 54.3 Å². The number of amides is 1. The van der Waals surface area contributed by atoms with Crippen LogP contribution >= 0.6 is 0 Å². The molecule has 0 spiro atoms. The van der Waals surface area contributed by atoms with E-state index in [1.54, 1.807) is 12.4 Å². The summed E-state index contributed by atoms with van der Waals surface area (Å²) in [5, 5.41) is 0.911. The van der Waals surface area contributed by atoms with Crippen molar-refractivity contribution in [3.8, 4) is 0 Å². The molecule has 2 saturated heterocycles. The van der Waals surface area contributed by atoms with Gasteiger partial charge >= 0.3 is 0 Å². The van der Waals surface area contributed by atoms with Gasteiger partial charge in [0.15, 0.2) is 0 Å². The molecule has 2 aliphatic heterocycles. The average molecular weight is 389 g/mol. The zero-order valence-electron chi connectivity index (χ0n) is 16.1. The Kier molecular flexibility index (Phi) is 4.79. The maximum absolute atomic E-state index is 13.4. The number of benzene rings is 1. The minimum Gasteiger partial charge on any atom is -0.337 e. The molecule has 0 atom stereocenters. The van der Waals surface area contributed by atoms with Crippen molar-refractivity contribution in [2.24, 2.45) is 0 Å². The van der Waals surface area contributed by atoms with Crippen LogP contribution < -0.4 is 15.8 Å². The summed E-state index contributed by atoms with van der Waals surface area (Å²) < 4.78 is 0. The summed E-state index contributed by atoms with van der Waals surface area (Å²) in [5.41, 5.74) is 8.87. The maximum Gasteiger partial charge on any atom is 0.254 e. The van der Waals surface area contributed by atoms with Gasteiger partial charge < -0.3 is 9.80 Å². The number of hydrazine groups is 1. The summed E-state index contributed by atoms with van der Waals surface area (Å²) in [4.78, 5) is 30.9. The summed E-state index contributed by atoms with van der Waals surface area (Å²) in [6.45, 7) is 4.37. The van der Waals surface area contributed by atoms with Gasteiger partial charge in [-0.05, 0) is 18.2 Å². The number of piperazine rings is 1. The molecule has 148 valence electrons. The molecule has 5 rings (SSSR count). The molecular formula is C21H23N7O. The van der Waals surface area contributed by atoms with Crippen molar-refractivity contribution in [2.45, 2.75) is 5.92 Å². The normalized spacial score (nSPS) is 17.8. The van der Waals surface area contributed by atoms with Crippen LogP contribution in [0.4, 0.5) is 5.95 Å². The first kappa shape index (κ1) is 18.0. The molecule has 2 fully saturated rings. The Morgan fingerprint density at radius 1 is 0.966 bits per heavy atom. The number of carbonyl (C=O) groups excluding carboxylic acids is 1. The highest BCUT2D eigenvalue weighted by atomic mass is 16.2. The fourth-order valence-corrected chi connectivity index (χ4v) is 3.99. The standard InChI is InChI=1S/C21H23N7O/c29-20(27-8-10-28(11-9-27)21-22-6-3-7-23-21)17-12-19(15-13-24-25-14-15)26-18-5-2-1-4-16(17)18/h1-7,12,15,24-25H,8-11,13-14H2. The number of hydrogen-bond acceptors (Lipinski definition) is 7. The highest BCUT2D eigenvalue weighted by molar-refractivity contribution is 6.06. The third kappa shape index (κ3) is 3.52. The Labute approximate surface area is 168 Å². The molecule has 0 radical (unpaired) electrons. The zero-order valence-corrected chi connectivity index (χ0v) is 16.1. The van der Waals surface area contributed by atoms with E-state index in [1.165, 1.54) is 0 Å². The Morgan fingerprint density at radius 3 is 2.45 bits per heavy atom. The van der Waals surface area contributed by atoms with E-state index < -0.39 is 0 Å². The predicted octanol–water partition coefficient (Wildman–Crippen LogP) is 1.18. The second-order valence-corrected chi connectivity index (χ2v) is 7.40. The van der Waals surface area contributed by atoms with Crippen molar-refractivity contribution in [3.05, 3.63) is 60.0 Å². The minimum absolute atomic E-state index is 0.0670. The van der Waals surface area contributed by atoms with Crippen LogP contribution in [0.2, 0.25) is 0 Å². The number of rotatable bonds is 3. The number of nitrogens with zero attached hydrogens (tertiary/aromatic N) is 5. The highest BCUT2D eigenvalue weighted by Crippen LogP contribution is 2.25. The van der Waals surface area contributed by atoms with Gasteiger partial charge in [0.25, 0.3) is 5.91 Å². The van der Waals surface area contributed by atoms with Crippen LogP contribution in [-0.4, -0.2) is 65.0 Å². The van der Waals surface area contributed by atoms with E-state index in [4.69, 9.17) is 4.98 Å². The van der Waals surface area contributed by atoms with Gasteiger partial charge in [-0.1, -0.05) is 18.2 Å². The van der Waals surface area contributed by atoms with Gasteiger partial charge in [0.2, 0.25) is 5.95 Å². The molecule has 3 aromatic rings. The van der Waals surface area contributed by atoms with Crippen molar-refractivity contribution in [3.63, 3.8) is 0 Å². The SMILES string of the molecule is O=C(c1cc(C2CNNC2)nc2ccccc12)N1CCN(c2ncccn2)CC1. The first-order valence-electron chi connectivity index (χ1n) is 9.96. The van der Waals surface area contributed by atoms with Crippen LogP contribution in [0, 0.1) is 0 Å². The van der Waals surface area contributed by atoms with Gasteiger partial charge in [0, 0.05) is 68.7 Å². The van der Waals surface area contributed by atoms with Crippen molar-refractivity contribution in [1.82, 2.24) is 30.7 Å². The van der Waals surface area contributed by atoms with Crippen molar-refractivity contribution in [2.75, 3.05) is 44.2 Å². The largest absolute Gasteiger partial charge is 0.337 e. The molecule has 2 aliphatic rings. The summed E-state index contributed by atoms with van der Waals surface area (Å²) >= 11 is 0. The van der Waals surface area contributed by atoms with Gasteiger partial charge in [-0.2, -0.15) is 0 Å². The molecular weight excluding hydrogens is 366 g/mol. The molecule has 0 unspecified atom stereocenters. The third-order valence-electron chi connectivity index (χ3n) is 5.61. The van der Waals surface area contributed by atoms with Crippen molar-refractivity contribution in [1.29, 1.82) is 0 Å². The number of aromatic nitrogens is 3. The smallest absolute Gasteiger partial charge is 0.254 e. The summed E-state index contributed by atoms with van der Waals surface area (Å²) in [6, 6.07) is 11.7. The van der Waals surface area contributed by atoms with Crippen LogP contribution in [0.5, 0.6) is 0 Å². The molecule has 29 heavy (non-hydrogen) atoms. The lowest BCUT2D eigenvalue weighted by Gasteiger charge is -2.35. The fraction of sp³-hybridized carbons (Fsp3) is 0.333. The van der Waals surface area contributed by atoms with E-state index in [1.807, 2.05) is 41.3 Å². The lowest BCUT2D eigenvalue weighted by Crippen LogP contribution is -2.49. The monoisotopic (exact) mass is 389 g/mol. The summed E-state index contributed by atoms with van der Waals surface area (Å²) in [6.07, 6.45) is 3.49. The molecule has 4 heterocycles. The third-order valence-corrected chi connectivity index (χ3v) is 5.61. The Balaban J connectivity index is 1.41. The van der Waals surface area contributed by atoms with E-state index in [2.05, 4.69) is 25.7 Å². The minimum atomic E-state index is 0.0670. The van der Waals surface area contributed by atoms with E-state index in [-0.39, 0.29) is 11.8 Å². The maximum atomic E-state index is 13.4. The first-order chi connectivity index (χ1) is 14.3. The van der Waals surface area contributed by atoms with Crippen molar-refractivity contribution < 1.29 is 4.79 Å². The molecule has 1 aromatic carbocycles. The number of carbonyl (C=O) groups is 1. The molecule has 2 aromatic heterocycles. The number of nitrogens with one attached hydrogen (secondary N) is 2. The van der Waals surface area contributed by atoms with Gasteiger partial charge in [-0.3, -0.25) is 20.6 Å².